The van der Waals surface area contributed by atoms with E-state index in [4.69, 9.17) is 4.74 Å². The summed E-state index contributed by atoms with van der Waals surface area (Å²) < 4.78 is 5.89. The van der Waals surface area contributed by atoms with Crippen molar-refractivity contribution >= 4 is 0 Å². The summed E-state index contributed by atoms with van der Waals surface area (Å²) in [6.45, 7) is 9.45. The van der Waals surface area contributed by atoms with Gasteiger partial charge in [0.15, 0.2) is 0 Å². The lowest BCUT2D eigenvalue weighted by Gasteiger charge is -2.37. The minimum atomic E-state index is 0.504. The number of ether oxygens (including phenoxy) is 1. The van der Waals surface area contributed by atoms with Crippen LogP contribution in [0.25, 0.3) is 0 Å². The Kier molecular flexibility index (Phi) is 4.04. The van der Waals surface area contributed by atoms with Crippen LogP contribution in [0.1, 0.15) is 39.5 Å². The van der Waals surface area contributed by atoms with Gasteiger partial charge in [0.25, 0.3) is 0 Å². The monoisotopic (exact) mass is 211 g/mol. The summed E-state index contributed by atoms with van der Waals surface area (Å²) in [5.41, 5.74) is 0. The van der Waals surface area contributed by atoms with Crippen LogP contribution in [0.3, 0.4) is 0 Å². The van der Waals surface area contributed by atoms with Gasteiger partial charge in [-0.15, -0.1) is 0 Å². The molecule has 0 amide bonds. The van der Waals surface area contributed by atoms with E-state index in [0.29, 0.717) is 6.10 Å². The Morgan fingerprint density at radius 1 is 1.20 bits per heavy atom. The van der Waals surface area contributed by atoms with E-state index in [1.54, 1.807) is 0 Å². The number of hydrogen-bond donors (Lipinski definition) is 0. The molecule has 0 aliphatic carbocycles. The second-order valence-electron chi connectivity index (χ2n) is 5.54. The molecular weight excluding hydrogens is 186 g/mol. The molecule has 0 aromatic rings. The minimum absolute atomic E-state index is 0.504. The first-order chi connectivity index (χ1) is 7.25. The first kappa shape index (κ1) is 11.4. The number of hydrogen-bond acceptors (Lipinski definition) is 2. The van der Waals surface area contributed by atoms with Crippen molar-refractivity contribution in [3.8, 4) is 0 Å². The average Bonchev–Trinajstić information content (AvgIpc) is 2.22. The van der Waals surface area contributed by atoms with Crippen molar-refractivity contribution in [2.45, 2.75) is 45.6 Å². The standard InChI is InChI=1S/C13H25NO/c1-11-5-3-7-14(9-11)10-13-12(2)6-4-8-15-13/h11-13H,3-10H2,1-2H3/t11?,12-,13?/m0/s1. The Balaban J connectivity index is 1.79. The third-order valence-corrected chi connectivity index (χ3v) is 3.95. The highest BCUT2D eigenvalue weighted by atomic mass is 16.5. The fourth-order valence-corrected chi connectivity index (χ4v) is 2.93. The van der Waals surface area contributed by atoms with Gasteiger partial charge in [0.2, 0.25) is 0 Å². The van der Waals surface area contributed by atoms with Crippen LogP contribution < -0.4 is 0 Å². The molecule has 2 aliphatic heterocycles. The lowest BCUT2D eigenvalue weighted by atomic mass is 9.94. The summed E-state index contributed by atoms with van der Waals surface area (Å²) in [6.07, 6.45) is 5.91. The lowest BCUT2D eigenvalue weighted by molar-refractivity contribution is -0.0432. The highest BCUT2D eigenvalue weighted by molar-refractivity contribution is 4.78. The second kappa shape index (κ2) is 5.31. The molecule has 2 heterocycles. The maximum atomic E-state index is 5.89. The highest BCUT2D eigenvalue weighted by Crippen LogP contribution is 2.23. The second-order valence-corrected chi connectivity index (χ2v) is 5.54. The highest BCUT2D eigenvalue weighted by Gasteiger charge is 2.26. The van der Waals surface area contributed by atoms with Gasteiger partial charge in [-0.2, -0.15) is 0 Å². The quantitative estimate of drug-likeness (QED) is 0.696. The van der Waals surface area contributed by atoms with Crippen LogP contribution >= 0.6 is 0 Å². The van der Waals surface area contributed by atoms with E-state index < -0.39 is 0 Å². The molecule has 0 aromatic carbocycles. The van der Waals surface area contributed by atoms with Crippen LogP contribution in [-0.2, 0) is 4.74 Å². The molecule has 0 saturated carbocycles. The topological polar surface area (TPSA) is 12.5 Å². The summed E-state index contributed by atoms with van der Waals surface area (Å²) in [5, 5.41) is 0. The lowest BCUT2D eigenvalue weighted by Crippen LogP contribution is -2.43. The van der Waals surface area contributed by atoms with Crippen LogP contribution in [0.15, 0.2) is 0 Å². The average molecular weight is 211 g/mol. The first-order valence-electron chi connectivity index (χ1n) is 6.59. The summed E-state index contributed by atoms with van der Waals surface area (Å²) in [4.78, 5) is 2.61. The van der Waals surface area contributed by atoms with Crippen molar-refractivity contribution < 1.29 is 4.74 Å². The van der Waals surface area contributed by atoms with Gasteiger partial charge in [-0.1, -0.05) is 13.8 Å². The van der Waals surface area contributed by atoms with Crippen molar-refractivity contribution in [1.29, 1.82) is 0 Å². The molecule has 2 unspecified atom stereocenters. The van der Waals surface area contributed by atoms with E-state index >= 15 is 0 Å². The van der Waals surface area contributed by atoms with Crippen molar-refractivity contribution in [2.24, 2.45) is 11.8 Å². The van der Waals surface area contributed by atoms with Crippen molar-refractivity contribution in [3.05, 3.63) is 0 Å². The molecule has 0 N–H and O–H groups in total. The van der Waals surface area contributed by atoms with Crippen LogP contribution in [0, 0.1) is 11.8 Å². The molecule has 2 nitrogen and oxygen atoms in total. The van der Waals surface area contributed by atoms with E-state index in [9.17, 15) is 0 Å². The third kappa shape index (κ3) is 3.18. The molecule has 3 atom stereocenters. The predicted octanol–water partition coefficient (Wildman–Crippen LogP) is 2.53. The molecule has 0 radical (unpaired) electrons. The van der Waals surface area contributed by atoms with Gasteiger partial charge in [-0.05, 0) is 44.1 Å². The molecule has 2 rings (SSSR count). The van der Waals surface area contributed by atoms with Crippen LogP contribution in [0.2, 0.25) is 0 Å². The van der Waals surface area contributed by atoms with Gasteiger partial charge < -0.3 is 9.64 Å². The SMILES string of the molecule is CC1CCCN(CC2OCCC[C@@H]2C)C1. The normalized spacial score (nSPS) is 39.2. The van der Waals surface area contributed by atoms with Crippen LogP contribution in [0.4, 0.5) is 0 Å². The van der Waals surface area contributed by atoms with Crippen molar-refractivity contribution in [1.82, 2.24) is 4.90 Å². The van der Waals surface area contributed by atoms with Crippen molar-refractivity contribution in [2.75, 3.05) is 26.2 Å². The molecular formula is C13H25NO. The van der Waals surface area contributed by atoms with E-state index in [1.807, 2.05) is 0 Å². The van der Waals surface area contributed by atoms with Crippen LogP contribution in [0.5, 0.6) is 0 Å². The van der Waals surface area contributed by atoms with Crippen molar-refractivity contribution in [3.63, 3.8) is 0 Å². The Morgan fingerprint density at radius 3 is 2.80 bits per heavy atom. The number of likely N-dealkylation sites (tertiary alicyclic amines) is 1. The van der Waals surface area contributed by atoms with Gasteiger partial charge in [0.05, 0.1) is 6.10 Å². The minimum Gasteiger partial charge on any atom is -0.377 e. The molecule has 0 aromatic heterocycles. The first-order valence-corrected chi connectivity index (χ1v) is 6.59. The fraction of sp³-hybridized carbons (Fsp3) is 1.00. The number of rotatable bonds is 2. The smallest absolute Gasteiger partial charge is 0.0727 e. The predicted molar refractivity (Wildman–Crippen MR) is 63.0 cm³/mol. The summed E-state index contributed by atoms with van der Waals surface area (Å²) in [5.74, 6) is 1.65. The summed E-state index contributed by atoms with van der Waals surface area (Å²) in [6, 6.07) is 0. The maximum Gasteiger partial charge on any atom is 0.0727 e. The van der Waals surface area contributed by atoms with E-state index in [2.05, 4.69) is 18.7 Å². The number of piperidine rings is 1. The Hall–Kier alpha value is -0.0800. The summed E-state index contributed by atoms with van der Waals surface area (Å²) >= 11 is 0. The Labute approximate surface area is 94.0 Å². The largest absolute Gasteiger partial charge is 0.377 e. The molecule has 88 valence electrons. The Bertz CT molecular complexity index is 195. The molecule has 0 spiro atoms. The van der Waals surface area contributed by atoms with Gasteiger partial charge in [0, 0.05) is 19.7 Å². The molecule has 2 heteroatoms. The zero-order chi connectivity index (χ0) is 10.7. The zero-order valence-electron chi connectivity index (χ0n) is 10.2. The van der Waals surface area contributed by atoms with E-state index in [-0.39, 0.29) is 0 Å². The molecule has 2 fully saturated rings. The van der Waals surface area contributed by atoms with Gasteiger partial charge in [-0.25, -0.2) is 0 Å². The van der Waals surface area contributed by atoms with E-state index in [0.717, 1.165) is 18.4 Å². The summed E-state index contributed by atoms with van der Waals surface area (Å²) in [7, 11) is 0. The van der Waals surface area contributed by atoms with E-state index in [1.165, 1.54) is 45.3 Å². The Morgan fingerprint density at radius 2 is 2.07 bits per heavy atom. The van der Waals surface area contributed by atoms with Gasteiger partial charge in [-0.3, -0.25) is 0 Å². The molecule has 15 heavy (non-hydrogen) atoms. The molecule has 2 aliphatic rings. The third-order valence-electron chi connectivity index (χ3n) is 3.95. The molecule has 2 saturated heterocycles. The van der Waals surface area contributed by atoms with Gasteiger partial charge >= 0.3 is 0 Å². The molecule has 0 bridgehead atoms. The van der Waals surface area contributed by atoms with Gasteiger partial charge in [0.1, 0.15) is 0 Å². The fourth-order valence-electron chi connectivity index (χ4n) is 2.93. The maximum absolute atomic E-state index is 5.89. The number of nitrogens with zero attached hydrogens (tertiary/aromatic N) is 1. The zero-order valence-corrected chi connectivity index (χ0v) is 10.2. The van der Waals surface area contributed by atoms with Crippen LogP contribution in [-0.4, -0.2) is 37.2 Å².